The van der Waals surface area contributed by atoms with Crippen LogP contribution in [0.2, 0.25) is 5.02 Å². The fraction of sp³-hybridized carbons (Fsp3) is 0.105. The van der Waals surface area contributed by atoms with Crippen molar-refractivity contribution in [1.82, 2.24) is 9.97 Å². The van der Waals surface area contributed by atoms with Gasteiger partial charge in [-0.1, -0.05) is 11.6 Å². The number of anilines is 3. The summed E-state index contributed by atoms with van der Waals surface area (Å²) in [4.78, 5) is 8.19. The van der Waals surface area contributed by atoms with Crippen LogP contribution in [-0.4, -0.2) is 23.5 Å². The van der Waals surface area contributed by atoms with E-state index in [2.05, 4.69) is 25.3 Å². The lowest BCUT2D eigenvalue weighted by Crippen LogP contribution is -2.19. The van der Waals surface area contributed by atoms with Crippen molar-refractivity contribution in [2.45, 2.75) is 18.7 Å². The first-order valence-electron chi connectivity index (χ1n) is 8.60. The SMILES string of the molecule is Cc1cc(C)nc(NS(=O)(=O)c2ccc(NC(=S)Nc3ccc(Cl)c(F)c3)cc2)n1. The first-order valence-corrected chi connectivity index (χ1v) is 10.9. The number of nitrogens with zero attached hydrogens (tertiary/aromatic N) is 2. The summed E-state index contributed by atoms with van der Waals surface area (Å²) in [5.74, 6) is -0.561. The molecule has 2 aromatic carbocycles. The average molecular weight is 466 g/mol. The second-order valence-corrected chi connectivity index (χ2v) is 8.81. The second-order valence-electron chi connectivity index (χ2n) is 6.31. The lowest BCUT2D eigenvalue weighted by Gasteiger charge is -2.12. The van der Waals surface area contributed by atoms with Crippen LogP contribution >= 0.6 is 23.8 Å². The molecule has 11 heteroatoms. The molecule has 0 amide bonds. The van der Waals surface area contributed by atoms with Crippen molar-refractivity contribution in [1.29, 1.82) is 0 Å². The average Bonchev–Trinajstić information content (AvgIpc) is 2.64. The molecule has 3 N–H and O–H groups in total. The quantitative estimate of drug-likeness (QED) is 0.477. The topological polar surface area (TPSA) is 96.0 Å². The van der Waals surface area contributed by atoms with Crippen LogP contribution < -0.4 is 15.4 Å². The Kier molecular flexibility index (Phi) is 6.49. The maximum absolute atomic E-state index is 13.5. The van der Waals surface area contributed by atoms with Crippen molar-refractivity contribution in [3.05, 3.63) is 70.8 Å². The third-order valence-corrected chi connectivity index (χ3v) is 5.66. The highest BCUT2D eigenvalue weighted by Gasteiger charge is 2.16. The molecule has 0 saturated carbocycles. The van der Waals surface area contributed by atoms with Gasteiger partial charge >= 0.3 is 0 Å². The maximum Gasteiger partial charge on any atom is 0.264 e. The van der Waals surface area contributed by atoms with Crippen molar-refractivity contribution in [2.24, 2.45) is 0 Å². The number of hydrogen-bond donors (Lipinski definition) is 3. The molecule has 0 saturated heterocycles. The summed E-state index contributed by atoms with van der Waals surface area (Å²) in [5, 5.41) is 5.93. The summed E-state index contributed by atoms with van der Waals surface area (Å²) in [6.07, 6.45) is 0. The summed E-state index contributed by atoms with van der Waals surface area (Å²) in [5.41, 5.74) is 2.28. The summed E-state index contributed by atoms with van der Waals surface area (Å²) >= 11 is 10.8. The van der Waals surface area contributed by atoms with E-state index < -0.39 is 15.8 Å². The molecular formula is C19H17ClFN5O2S2. The third-order valence-electron chi connectivity index (χ3n) is 3.81. The van der Waals surface area contributed by atoms with Gasteiger partial charge in [0, 0.05) is 22.8 Å². The van der Waals surface area contributed by atoms with Crippen molar-refractivity contribution < 1.29 is 12.8 Å². The van der Waals surface area contributed by atoms with E-state index in [4.69, 9.17) is 23.8 Å². The fourth-order valence-electron chi connectivity index (χ4n) is 2.54. The largest absolute Gasteiger partial charge is 0.332 e. The van der Waals surface area contributed by atoms with Crippen molar-refractivity contribution in [3.8, 4) is 0 Å². The van der Waals surface area contributed by atoms with Crippen LogP contribution in [0.3, 0.4) is 0 Å². The number of aromatic nitrogens is 2. The van der Waals surface area contributed by atoms with Gasteiger partial charge in [-0.2, -0.15) is 0 Å². The number of sulfonamides is 1. The number of benzene rings is 2. The molecule has 1 heterocycles. The maximum atomic E-state index is 13.5. The molecule has 3 rings (SSSR count). The first kappa shape index (κ1) is 21.9. The molecule has 0 aliphatic heterocycles. The van der Waals surface area contributed by atoms with Gasteiger partial charge in [-0.15, -0.1) is 0 Å². The zero-order valence-corrected chi connectivity index (χ0v) is 18.3. The molecule has 3 aromatic rings. The number of nitrogens with one attached hydrogen (secondary N) is 3. The van der Waals surface area contributed by atoms with Crippen LogP contribution in [0.5, 0.6) is 0 Å². The van der Waals surface area contributed by atoms with Gasteiger partial charge in [0.15, 0.2) is 5.11 Å². The minimum absolute atomic E-state index is 0.00951. The van der Waals surface area contributed by atoms with Gasteiger partial charge in [-0.25, -0.2) is 27.5 Å². The predicted octanol–water partition coefficient (Wildman–Crippen LogP) is 4.50. The lowest BCUT2D eigenvalue weighted by atomic mass is 10.3. The van der Waals surface area contributed by atoms with Gasteiger partial charge in [0.05, 0.1) is 9.92 Å². The molecular weight excluding hydrogens is 449 g/mol. The normalized spacial score (nSPS) is 11.1. The molecule has 0 atom stereocenters. The van der Waals surface area contributed by atoms with E-state index in [1.807, 2.05) is 0 Å². The minimum atomic E-state index is -3.85. The van der Waals surface area contributed by atoms with Crippen LogP contribution in [0, 0.1) is 19.7 Å². The van der Waals surface area contributed by atoms with E-state index in [1.54, 1.807) is 38.1 Å². The van der Waals surface area contributed by atoms with Crippen molar-refractivity contribution >= 4 is 56.3 Å². The third kappa shape index (κ3) is 5.62. The smallest absolute Gasteiger partial charge is 0.264 e. The first-order chi connectivity index (χ1) is 14.1. The minimum Gasteiger partial charge on any atom is -0.332 e. The Morgan fingerprint density at radius 1 is 0.967 bits per heavy atom. The van der Waals surface area contributed by atoms with Crippen LogP contribution in [0.25, 0.3) is 0 Å². The predicted molar refractivity (Wildman–Crippen MR) is 120 cm³/mol. The number of thiocarbonyl (C=S) groups is 1. The van der Waals surface area contributed by atoms with Crippen molar-refractivity contribution in [3.63, 3.8) is 0 Å². The summed E-state index contributed by atoms with van der Waals surface area (Å²) < 4.78 is 41.0. The van der Waals surface area contributed by atoms with Crippen LogP contribution in [0.15, 0.2) is 53.4 Å². The zero-order valence-electron chi connectivity index (χ0n) is 15.9. The van der Waals surface area contributed by atoms with E-state index >= 15 is 0 Å². The molecule has 0 aliphatic carbocycles. The van der Waals surface area contributed by atoms with E-state index in [-0.39, 0.29) is 21.0 Å². The van der Waals surface area contributed by atoms with E-state index in [1.165, 1.54) is 24.3 Å². The molecule has 0 radical (unpaired) electrons. The molecule has 0 spiro atoms. The van der Waals surface area contributed by atoms with Gasteiger partial charge in [-0.3, -0.25) is 0 Å². The van der Waals surface area contributed by atoms with Gasteiger partial charge in [0.25, 0.3) is 10.0 Å². The molecule has 0 aliphatic rings. The monoisotopic (exact) mass is 465 g/mol. The summed E-state index contributed by atoms with van der Waals surface area (Å²) in [6.45, 7) is 3.50. The Morgan fingerprint density at radius 2 is 1.53 bits per heavy atom. The Bertz CT molecular complexity index is 1180. The highest BCUT2D eigenvalue weighted by atomic mass is 35.5. The highest BCUT2D eigenvalue weighted by Crippen LogP contribution is 2.20. The Balaban J connectivity index is 1.67. The van der Waals surface area contributed by atoms with E-state index in [0.717, 1.165) is 0 Å². The highest BCUT2D eigenvalue weighted by molar-refractivity contribution is 7.92. The molecule has 0 bridgehead atoms. The number of aryl methyl sites for hydroxylation is 2. The van der Waals surface area contributed by atoms with Crippen LogP contribution in [-0.2, 0) is 10.0 Å². The Labute approximate surface area is 183 Å². The summed E-state index contributed by atoms with van der Waals surface area (Å²) in [6, 6.07) is 11.9. The molecule has 0 unspecified atom stereocenters. The zero-order chi connectivity index (χ0) is 21.9. The number of hydrogen-bond acceptors (Lipinski definition) is 5. The molecule has 0 fully saturated rings. The summed E-state index contributed by atoms with van der Waals surface area (Å²) in [7, 11) is -3.85. The van der Waals surface area contributed by atoms with Gasteiger partial charge in [0.1, 0.15) is 5.82 Å². The molecule has 156 valence electrons. The van der Waals surface area contributed by atoms with Crippen LogP contribution in [0.4, 0.5) is 21.7 Å². The van der Waals surface area contributed by atoms with E-state index in [0.29, 0.717) is 22.8 Å². The van der Waals surface area contributed by atoms with E-state index in [9.17, 15) is 12.8 Å². The molecule has 30 heavy (non-hydrogen) atoms. The molecule has 7 nitrogen and oxygen atoms in total. The number of halogens is 2. The van der Waals surface area contributed by atoms with Crippen LogP contribution in [0.1, 0.15) is 11.4 Å². The lowest BCUT2D eigenvalue weighted by molar-refractivity contribution is 0.600. The fourth-order valence-corrected chi connectivity index (χ4v) is 3.83. The van der Waals surface area contributed by atoms with Gasteiger partial charge in [0.2, 0.25) is 5.95 Å². The van der Waals surface area contributed by atoms with Gasteiger partial charge in [-0.05, 0) is 74.6 Å². The number of rotatable bonds is 5. The Morgan fingerprint density at radius 3 is 2.13 bits per heavy atom. The van der Waals surface area contributed by atoms with Gasteiger partial charge < -0.3 is 10.6 Å². The van der Waals surface area contributed by atoms with Crippen molar-refractivity contribution in [2.75, 3.05) is 15.4 Å². The Hall–Kier alpha value is -2.82. The second kappa shape index (κ2) is 8.90. The molecule has 1 aromatic heterocycles. The standard InChI is InChI=1S/C19H17ClFN5O2S2/c1-11-9-12(2)23-18(22-11)26-30(27,28)15-6-3-13(4-7-15)24-19(29)25-14-5-8-16(20)17(21)10-14/h3-10H,1-2H3,(H,22,23,26)(H2,24,25,29).